The number of amides is 2. The number of ether oxygens (including phenoxy) is 1. The van der Waals surface area contributed by atoms with Gasteiger partial charge in [-0.1, -0.05) is 41.4 Å². The summed E-state index contributed by atoms with van der Waals surface area (Å²) >= 11 is 12.0. The minimum Gasteiger partial charge on any atom is -0.462 e. The molecule has 0 aromatic heterocycles. The molecule has 2 amide bonds. The molecule has 0 radical (unpaired) electrons. The van der Waals surface area contributed by atoms with Gasteiger partial charge in [0.2, 0.25) is 0 Å². The lowest BCUT2D eigenvalue weighted by Gasteiger charge is -2.18. The Labute approximate surface area is 165 Å². The third-order valence-electron chi connectivity index (χ3n) is 3.76. The quantitative estimate of drug-likeness (QED) is 0.602. The van der Waals surface area contributed by atoms with Crippen LogP contribution in [0, 0.1) is 0 Å². The van der Waals surface area contributed by atoms with Crippen molar-refractivity contribution >= 4 is 52.4 Å². The molecule has 3 rings (SSSR count). The maximum Gasteiger partial charge on any atom is 0.340 e. The van der Waals surface area contributed by atoms with Crippen LogP contribution in [0.3, 0.4) is 0 Å². The molecule has 0 saturated heterocycles. The number of esters is 1. The topological polar surface area (TPSA) is 75.7 Å². The molecule has 0 saturated carbocycles. The van der Waals surface area contributed by atoms with Gasteiger partial charge in [0.05, 0.1) is 17.9 Å². The van der Waals surface area contributed by atoms with Crippen molar-refractivity contribution in [1.29, 1.82) is 0 Å². The molecular weight excluding hydrogens is 391 g/mol. The van der Waals surface area contributed by atoms with Crippen LogP contribution in [-0.2, 0) is 14.3 Å². The largest absolute Gasteiger partial charge is 0.462 e. The predicted octanol–water partition coefficient (Wildman–Crippen LogP) is 3.95. The van der Waals surface area contributed by atoms with E-state index in [0.29, 0.717) is 10.7 Å². The molecule has 0 bridgehead atoms. The van der Waals surface area contributed by atoms with Crippen molar-refractivity contribution in [2.45, 2.75) is 6.92 Å². The molecule has 0 fully saturated rings. The number of nitrogens with one attached hydrogen (secondary N) is 1. The summed E-state index contributed by atoms with van der Waals surface area (Å²) in [4.78, 5) is 38.5. The molecule has 1 aliphatic heterocycles. The van der Waals surface area contributed by atoms with Gasteiger partial charge in [0.1, 0.15) is 10.7 Å². The number of imide groups is 1. The van der Waals surface area contributed by atoms with Gasteiger partial charge >= 0.3 is 5.97 Å². The Bertz CT molecular complexity index is 972. The van der Waals surface area contributed by atoms with Crippen molar-refractivity contribution in [1.82, 2.24) is 0 Å². The summed E-state index contributed by atoms with van der Waals surface area (Å²) in [5.74, 6) is -2.05. The van der Waals surface area contributed by atoms with Crippen molar-refractivity contribution in [3.8, 4) is 0 Å². The molecule has 0 spiro atoms. The molecule has 2 aromatic carbocycles. The third-order valence-corrected chi connectivity index (χ3v) is 4.35. The maximum absolute atomic E-state index is 12.9. The molecule has 6 nitrogen and oxygen atoms in total. The number of rotatable bonds is 5. The van der Waals surface area contributed by atoms with E-state index in [1.54, 1.807) is 43.3 Å². The van der Waals surface area contributed by atoms with Crippen molar-refractivity contribution < 1.29 is 19.1 Å². The molecule has 1 heterocycles. The van der Waals surface area contributed by atoms with Gasteiger partial charge in [0.15, 0.2) is 0 Å². The highest BCUT2D eigenvalue weighted by Crippen LogP contribution is 2.32. The van der Waals surface area contributed by atoms with Crippen molar-refractivity contribution in [2.24, 2.45) is 0 Å². The number of benzene rings is 2. The first-order valence-corrected chi connectivity index (χ1v) is 8.77. The predicted molar refractivity (Wildman–Crippen MR) is 103 cm³/mol. The molecule has 0 atom stereocenters. The number of hydrogen-bond donors (Lipinski definition) is 1. The number of nitrogens with zero attached hydrogens (tertiary/aromatic N) is 1. The number of para-hydroxylation sites is 1. The van der Waals surface area contributed by atoms with Gasteiger partial charge in [-0.2, -0.15) is 0 Å². The second-order valence-corrected chi connectivity index (χ2v) is 6.32. The van der Waals surface area contributed by atoms with Crippen LogP contribution >= 0.6 is 23.2 Å². The first-order chi connectivity index (χ1) is 12.9. The number of halogens is 2. The summed E-state index contributed by atoms with van der Waals surface area (Å²) in [6.07, 6.45) is 0. The van der Waals surface area contributed by atoms with Crippen molar-refractivity contribution in [3.63, 3.8) is 0 Å². The number of hydrogen-bond acceptors (Lipinski definition) is 5. The van der Waals surface area contributed by atoms with Crippen molar-refractivity contribution in [2.75, 3.05) is 16.8 Å². The molecule has 0 unspecified atom stereocenters. The van der Waals surface area contributed by atoms with Crippen molar-refractivity contribution in [3.05, 3.63) is 69.8 Å². The Morgan fingerprint density at radius 1 is 1.07 bits per heavy atom. The van der Waals surface area contributed by atoms with E-state index in [-0.39, 0.29) is 28.6 Å². The van der Waals surface area contributed by atoms with Crippen LogP contribution < -0.4 is 10.2 Å². The molecule has 1 aliphatic rings. The smallest absolute Gasteiger partial charge is 0.340 e. The first kappa shape index (κ1) is 18.9. The fourth-order valence-electron chi connectivity index (χ4n) is 2.59. The lowest BCUT2D eigenvalue weighted by atomic mass is 10.1. The highest BCUT2D eigenvalue weighted by atomic mass is 35.5. The lowest BCUT2D eigenvalue weighted by Crippen LogP contribution is -2.33. The minimum absolute atomic E-state index is 0.0922. The minimum atomic E-state index is -0.733. The molecule has 1 N–H and O–H groups in total. The number of carbonyl (C=O) groups excluding carboxylic acids is 3. The maximum atomic E-state index is 12.9. The third kappa shape index (κ3) is 3.67. The van der Waals surface area contributed by atoms with Gasteiger partial charge < -0.3 is 10.1 Å². The second kappa shape index (κ2) is 7.82. The van der Waals surface area contributed by atoms with Crippen LogP contribution in [0.2, 0.25) is 5.02 Å². The van der Waals surface area contributed by atoms with Gasteiger partial charge in [0, 0.05) is 10.7 Å². The highest BCUT2D eigenvalue weighted by Gasteiger charge is 2.40. The average Bonchev–Trinajstić information content (AvgIpc) is 2.85. The SMILES string of the molecule is CCOC(=O)c1ccccc1N1C(=O)C(Cl)=C(Nc2cccc(Cl)c2)C1=O. The number of anilines is 2. The van der Waals surface area contributed by atoms with E-state index in [0.717, 1.165) is 4.90 Å². The molecule has 27 heavy (non-hydrogen) atoms. The zero-order valence-electron chi connectivity index (χ0n) is 14.2. The van der Waals surface area contributed by atoms with E-state index in [4.69, 9.17) is 27.9 Å². The van der Waals surface area contributed by atoms with E-state index in [1.807, 2.05) is 0 Å². The van der Waals surface area contributed by atoms with E-state index >= 15 is 0 Å². The molecular formula is C19H14Cl2N2O4. The van der Waals surface area contributed by atoms with E-state index in [2.05, 4.69) is 5.32 Å². The zero-order chi connectivity index (χ0) is 19.6. The Morgan fingerprint density at radius 2 is 1.81 bits per heavy atom. The van der Waals surface area contributed by atoms with Gasteiger partial charge in [-0.15, -0.1) is 0 Å². The molecule has 8 heteroatoms. The summed E-state index contributed by atoms with van der Waals surface area (Å²) in [5, 5.41) is 3.00. The normalized spacial score (nSPS) is 14.0. The summed E-state index contributed by atoms with van der Waals surface area (Å²) in [7, 11) is 0. The summed E-state index contributed by atoms with van der Waals surface area (Å²) < 4.78 is 5.00. The first-order valence-electron chi connectivity index (χ1n) is 8.01. The summed E-state index contributed by atoms with van der Waals surface area (Å²) in [5.41, 5.74) is 0.599. The van der Waals surface area contributed by atoms with E-state index in [9.17, 15) is 14.4 Å². The number of carbonyl (C=O) groups is 3. The van der Waals surface area contributed by atoms with Crippen LogP contribution in [0.1, 0.15) is 17.3 Å². The van der Waals surface area contributed by atoms with E-state index in [1.165, 1.54) is 12.1 Å². The second-order valence-electron chi connectivity index (χ2n) is 5.51. The molecule has 2 aromatic rings. The highest BCUT2D eigenvalue weighted by molar-refractivity contribution is 6.53. The standard InChI is InChI=1S/C19H14Cl2N2O4/c1-2-27-19(26)13-8-3-4-9-14(13)23-17(24)15(21)16(18(23)25)22-12-7-5-6-11(20)10-12/h3-10,22H,2H2,1H3. The zero-order valence-corrected chi connectivity index (χ0v) is 15.7. The van der Waals surface area contributed by atoms with Crippen LogP contribution in [0.15, 0.2) is 59.3 Å². The lowest BCUT2D eigenvalue weighted by molar-refractivity contribution is -0.120. The molecule has 138 valence electrons. The van der Waals surface area contributed by atoms with Crippen LogP contribution in [0.25, 0.3) is 0 Å². The average molecular weight is 405 g/mol. The van der Waals surface area contributed by atoms with Gasteiger partial charge in [0.25, 0.3) is 11.8 Å². The van der Waals surface area contributed by atoms with Crippen LogP contribution in [-0.4, -0.2) is 24.4 Å². The van der Waals surface area contributed by atoms with Gasteiger partial charge in [-0.05, 0) is 37.3 Å². The fourth-order valence-corrected chi connectivity index (χ4v) is 2.99. The fraction of sp³-hybridized carbons (Fsp3) is 0.105. The van der Waals surface area contributed by atoms with Gasteiger partial charge in [-0.25, -0.2) is 9.69 Å². The van der Waals surface area contributed by atoms with E-state index < -0.39 is 17.8 Å². The Kier molecular flexibility index (Phi) is 5.48. The van der Waals surface area contributed by atoms with Gasteiger partial charge in [-0.3, -0.25) is 9.59 Å². The monoisotopic (exact) mass is 404 g/mol. The Balaban J connectivity index is 1.96. The Hall–Kier alpha value is -2.83. The summed E-state index contributed by atoms with van der Waals surface area (Å²) in [6, 6.07) is 12.8. The van der Waals surface area contributed by atoms with Crippen LogP contribution in [0.4, 0.5) is 11.4 Å². The summed E-state index contributed by atoms with van der Waals surface area (Å²) in [6.45, 7) is 1.83. The Morgan fingerprint density at radius 3 is 2.52 bits per heavy atom. The van der Waals surface area contributed by atoms with Crippen LogP contribution in [0.5, 0.6) is 0 Å². The molecule has 0 aliphatic carbocycles.